The predicted molar refractivity (Wildman–Crippen MR) is 117 cm³/mol. The molecule has 1 saturated carbocycles. The third-order valence-electron chi connectivity index (χ3n) is 6.20. The number of benzene rings is 2. The maximum absolute atomic E-state index is 13.5. The molecule has 1 fully saturated rings. The Morgan fingerprint density at radius 2 is 1.80 bits per heavy atom. The Labute approximate surface area is 175 Å². The molecule has 0 atom stereocenters. The topological polar surface area (TPSA) is 68.0 Å². The maximum Gasteiger partial charge on any atom is 0.235 e. The summed E-state index contributed by atoms with van der Waals surface area (Å²) >= 11 is 0. The Kier molecular flexibility index (Phi) is 4.58. The lowest BCUT2D eigenvalue weighted by atomic mass is 9.78. The average Bonchev–Trinajstić information content (AvgIpc) is 3.44. The van der Waals surface area contributed by atoms with E-state index in [2.05, 4.69) is 27.4 Å². The summed E-state index contributed by atoms with van der Waals surface area (Å²) in [4.78, 5) is 22.3. The first-order valence-corrected chi connectivity index (χ1v) is 10.4. The summed E-state index contributed by atoms with van der Waals surface area (Å²) in [7, 11) is 0. The van der Waals surface area contributed by atoms with E-state index >= 15 is 0 Å². The van der Waals surface area contributed by atoms with Crippen LogP contribution in [0.4, 0.5) is 5.69 Å². The summed E-state index contributed by atoms with van der Waals surface area (Å²) in [5.41, 5.74) is 4.43. The molecule has 0 bridgehead atoms. The van der Waals surface area contributed by atoms with Crippen LogP contribution in [0.2, 0.25) is 0 Å². The lowest BCUT2D eigenvalue weighted by Gasteiger charge is -2.28. The molecule has 0 spiro atoms. The van der Waals surface area contributed by atoms with Crippen molar-refractivity contribution in [2.45, 2.75) is 38.0 Å². The Morgan fingerprint density at radius 1 is 1.00 bits per heavy atom. The monoisotopic (exact) mass is 397 g/mol. The highest BCUT2D eigenvalue weighted by Gasteiger charge is 2.42. The molecule has 0 radical (unpaired) electrons. The smallest absolute Gasteiger partial charge is 0.235 e. The minimum Gasteiger partial charge on any atom is -0.434 e. The van der Waals surface area contributed by atoms with Gasteiger partial charge in [0.1, 0.15) is 0 Å². The van der Waals surface area contributed by atoms with E-state index in [1.165, 1.54) is 0 Å². The Morgan fingerprint density at radius 3 is 2.57 bits per heavy atom. The first kappa shape index (κ1) is 18.6. The second kappa shape index (κ2) is 7.41. The molecule has 1 N–H and O–H groups in total. The molecule has 2 aromatic carbocycles. The summed E-state index contributed by atoms with van der Waals surface area (Å²) < 4.78 is 5.90. The van der Waals surface area contributed by atoms with Gasteiger partial charge in [0.2, 0.25) is 11.8 Å². The number of pyridine rings is 1. The number of anilines is 1. The Hall–Kier alpha value is -3.47. The van der Waals surface area contributed by atoms with Crippen LogP contribution in [0.25, 0.3) is 22.7 Å². The first-order chi connectivity index (χ1) is 14.7. The van der Waals surface area contributed by atoms with E-state index < -0.39 is 5.41 Å². The van der Waals surface area contributed by atoms with Gasteiger partial charge in [-0.05, 0) is 55.2 Å². The van der Waals surface area contributed by atoms with Crippen LogP contribution in [0.5, 0.6) is 0 Å². The van der Waals surface area contributed by atoms with Gasteiger partial charge in [0.25, 0.3) is 0 Å². The molecule has 0 saturated heterocycles. The minimum atomic E-state index is -0.467. The van der Waals surface area contributed by atoms with Crippen molar-refractivity contribution in [2.24, 2.45) is 0 Å². The molecule has 5 rings (SSSR count). The number of fused-ring (bicyclic) bond motifs is 1. The number of rotatable bonds is 4. The van der Waals surface area contributed by atoms with Crippen molar-refractivity contribution in [1.82, 2.24) is 9.97 Å². The van der Waals surface area contributed by atoms with Crippen LogP contribution in [0, 0.1) is 6.92 Å². The highest BCUT2D eigenvalue weighted by molar-refractivity contribution is 6.00. The van der Waals surface area contributed by atoms with Crippen molar-refractivity contribution in [2.75, 3.05) is 5.32 Å². The molecule has 1 aliphatic carbocycles. The number of amides is 1. The number of hydrogen-bond acceptors (Lipinski definition) is 4. The summed E-state index contributed by atoms with van der Waals surface area (Å²) in [5.74, 6) is 0.571. The highest BCUT2D eigenvalue weighted by Crippen LogP contribution is 2.42. The van der Waals surface area contributed by atoms with Crippen molar-refractivity contribution in [3.63, 3.8) is 0 Å². The van der Waals surface area contributed by atoms with Gasteiger partial charge < -0.3 is 9.73 Å². The Balaban J connectivity index is 1.49. The molecule has 2 aromatic heterocycles. The molecule has 150 valence electrons. The number of oxazole rings is 1. The summed E-state index contributed by atoms with van der Waals surface area (Å²) in [6.07, 6.45) is 5.58. The molecule has 5 heteroatoms. The second-order valence-electron chi connectivity index (χ2n) is 7.93. The van der Waals surface area contributed by atoms with Crippen LogP contribution < -0.4 is 5.32 Å². The van der Waals surface area contributed by atoms with Crippen molar-refractivity contribution in [3.8, 4) is 11.5 Å². The van der Waals surface area contributed by atoms with Gasteiger partial charge >= 0.3 is 0 Å². The lowest BCUT2D eigenvalue weighted by molar-refractivity contribution is -0.121. The zero-order valence-electron chi connectivity index (χ0n) is 16.9. The molecule has 0 aliphatic heterocycles. The number of nitrogens with one attached hydrogen (secondary N) is 1. The van der Waals surface area contributed by atoms with E-state index in [-0.39, 0.29) is 5.91 Å². The fraction of sp³-hybridized carbons (Fsp3) is 0.240. The molecule has 0 unspecified atom stereocenters. The molecule has 5 nitrogen and oxygen atoms in total. The number of nitrogens with zero attached hydrogens (tertiary/aromatic N) is 2. The Bertz CT molecular complexity index is 1170. The number of hydrogen-bond donors (Lipinski definition) is 1. The van der Waals surface area contributed by atoms with Gasteiger partial charge in [-0.2, -0.15) is 4.98 Å². The third-order valence-corrected chi connectivity index (χ3v) is 6.20. The summed E-state index contributed by atoms with van der Waals surface area (Å²) in [6, 6.07) is 19.6. The maximum atomic E-state index is 13.5. The van der Waals surface area contributed by atoms with E-state index in [0.717, 1.165) is 48.1 Å². The lowest BCUT2D eigenvalue weighted by Crippen LogP contribution is -2.38. The van der Waals surface area contributed by atoms with Crippen LogP contribution in [0.1, 0.15) is 36.8 Å². The standard InChI is InChI=1S/C25H23N3O2/c1-17-19(23-28-22-21(30-23)13-8-16-26-22)11-7-12-20(17)27-24(29)25(14-5-6-15-25)18-9-3-2-4-10-18/h2-4,7-13,16H,5-6,14-15H2,1H3,(H,27,29). The van der Waals surface area contributed by atoms with E-state index in [1.54, 1.807) is 6.20 Å². The SMILES string of the molecule is Cc1c(NC(=O)C2(c3ccccc3)CCCC2)cccc1-c1nc2ncccc2o1. The molecule has 30 heavy (non-hydrogen) atoms. The van der Waals surface area contributed by atoms with Crippen LogP contribution in [0.15, 0.2) is 71.3 Å². The zero-order valence-corrected chi connectivity index (χ0v) is 16.9. The van der Waals surface area contributed by atoms with Crippen molar-refractivity contribution in [3.05, 3.63) is 78.0 Å². The van der Waals surface area contributed by atoms with E-state index in [4.69, 9.17) is 4.42 Å². The van der Waals surface area contributed by atoms with Crippen LogP contribution in [0.3, 0.4) is 0 Å². The largest absolute Gasteiger partial charge is 0.434 e. The third kappa shape index (κ3) is 3.07. The van der Waals surface area contributed by atoms with Gasteiger partial charge in [-0.1, -0.05) is 49.2 Å². The zero-order chi connectivity index (χ0) is 20.6. The molecule has 2 heterocycles. The quantitative estimate of drug-likeness (QED) is 0.483. The van der Waals surface area contributed by atoms with Crippen molar-refractivity contribution >= 4 is 22.8 Å². The predicted octanol–water partition coefficient (Wildman–Crippen LogP) is 5.65. The second-order valence-corrected chi connectivity index (χ2v) is 7.93. The van der Waals surface area contributed by atoms with Gasteiger partial charge in [0.15, 0.2) is 11.2 Å². The van der Waals surface area contributed by atoms with Crippen LogP contribution >= 0.6 is 0 Å². The van der Waals surface area contributed by atoms with Gasteiger partial charge in [-0.3, -0.25) is 4.79 Å². The van der Waals surface area contributed by atoms with Crippen molar-refractivity contribution in [1.29, 1.82) is 0 Å². The first-order valence-electron chi connectivity index (χ1n) is 10.4. The van der Waals surface area contributed by atoms with Crippen molar-refractivity contribution < 1.29 is 9.21 Å². The highest BCUT2D eigenvalue weighted by atomic mass is 16.3. The molecular weight excluding hydrogens is 374 g/mol. The average molecular weight is 397 g/mol. The number of carbonyl (C=O) groups is 1. The number of carbonyl (C=O) groups excluding carboxylic acids is 1. The van der Waals surface area contributed by atoms with Gasteiger partial charge in [0.05, 0.1) is 5.41 Å². The van der Waals surface area contributed by atoms with E-state index in [1.807, 2.05) is 55.5 Å². The normalized spacial score (nSPS) is 15.4. The molecular formula is C25H23N3O2. The van der Waals surface area contributed by atoms with E-state index in [0.29, 0.717) is 17.1 Å². The van der Waals surface area contributed by atoms with Gasteiger partial charge in [-0.25, -0.2) is 4.98 Å². The number of aromatic nitrogens is 2. The molecule has 4 aromatic rings. The molecule has 1 aliphatic rings. The summed E-state index contributed by atoms with van der Waals surface area (Å²) in [6.45, 7) is 1.98. The van der Waals surface area contributed by atoms with Gasteiger partial charge in [0, 0.05) is 17.4 Å². The fourth-order valence-corrected chi connectivity index (χ4v) is 4.51. The van der Waals surface area contributed by atoms with Crippen LogP contribution in [-0.2, 0) is 10.2 Å². The fourth-order valence-electron chi connectivity index (χ4n) is 4.51. The van der Waals surface area contributed by atoms with Crippen LogP contribution in [-0.4, -0.2) is 15.9 Å². The summed E-state index contributed by atoms with van der Waals surface area (Å²) in [5, 5.41) is 3.21. The minimum absolute atomic E-state index is 0.0608. The molecule has 1 amide bonds. The van der Waals surface area contributed by atoms with Gasteiger partial charge in [-0.15, -0.1) is 0 Å². The van der Waals surface area contributed by atoms with E-state index in [9.17, 15) is 4.79 Å².